The van der Waals surface area contributed by atoms with E-state index in [0.717, 1.165) is 12.1 Å². The van der Waals surface area contributed by atoms with Crippen LogP contribution in [0.3, 0.4) is 0 Å². The van der Waals surface area contributed by atoms with Crippen LogP contribution in [0.4, 0.5) is 0 Å². The summed E-state index contributed by atoms with van der Waals surface area (Å²) in [6.45, 7) is 5.55. The number of aliphatic hydroxyl groups excluding tert-OH is 2. The van der Waals surface area contributed by atoms with E-state index in [0.29, 0.717) is 49.9 Å². The number of aliphatic hydroxyl groups is 2. The van der Waals surface area contributed by atoms with Gasteiger partial charge in [-0.15, -0.1) is 0 Å². The molecule has 1 aromatic rings. The highest BCUT2D eigenvalue weighted by atomic mass is 16.6. The van der Waals surface area contributed by atoms with Gasteiger partial charge in [0.25, 0.3) is 5.91 Å². The molecule has 2 atom stereocenters. The molecule has 1 aromatic carbocycles. The number of hydrogen-bond acceptors (Lipinski definition) is 6. The Bertz CT molecular complexity index is 651. The Hall–Kier alpha value is -1.83. The zero-order valence-corrected chi connectivity index (χ0v) is 15.5. The van der Waals surface area contributed by atoms with E-state index in [9.17, 15) is 9.90 Å². The highest BCUT2D eigenvalue weighted by Gasteiger charge is 2.36. The van der Waals surface area contributed by atoms with Gasteiger partial charge in [-0.05, 0) is 37.6 Å². The Kier molecular flexibility index (Phi) is 6.01. The van der Waals surface area contributed by atoms with Crippen molar-refractivity contribution < 1.29 is 24.5 Å². The molecule has 7 nitrogen and oxygen atoms in total. The molecule has 2 aliphatic rings. The molecule has 1 amide bonds. The van der Waals surface area contributed by atoms with E-state index in [1.807, 2.05) is 29.8 Å². The largest absolute Gasteiger partial charge is 0.486 e. The molecule has 0 saturated carbocycles. The second kappa shape index (κ2) is 8.24. The zero-order chi connectivity index (χ0) is 18.7. The SMILES string of the molecule is Cc1cc2c(cc1C(=O)N1C[C@@H](CN(C)CCO)[C@@H](CO)C1)OCCO2. The van der Waals surface area contributed by atoms with Gasteiger partial charge in [-0.2, -0.15) is 0 Å². The maximum atomic E-state index is 13.1. The minimum absolute atomic E-state index is 0.0368. The van der Waals surface area contributed by atoms with Crippen molar-refractivity contribution in [2.24, 2.45) is 11.8 Å². The molecule has 0 bridgehead atoms. The van der Waals surface area contributed by atoms with E-state index in [4.69, 9.17) is 14.6 Å². The molecular weight excluding hydrogens is 336 g/mol. The van der Waals surface area contributed by atoms with Gasteiger partial charge >= 0.3 is 0 Å². The van der Waals surface area contributed by atoms with Gasteiger partial charge in [-0.1, -0.05) is 0 Å². The average molecular weight is 364 g/mol. The minimum Gasteiger partial charge on any atom is -0.486 e. The van der Waals surface area contributed by atoms with Gasteiger partial charge in [0.1, 0.15) is 13.2 Å². The molecule has 2 N–H and O–H groups in total. The van der Waals surface area contributed by atoms with Crippen molar-refractivity contribution in [3.05, 3.63) is 23.3 Å². The molecule has 0 aromatic heterocycles. The number of carbonyl (C=O) groups excluding carboxylic acids is 1. The Morgan fingerprint density at radius 2 is 1.85 bits per heavy atom. The van der Waals surface area contributed by atoms with Crippen LogP contribution in [-0.4, -0.2) is 85.6 Å². The number of ether oxygens (including phenoxy) is 2. The number of nitrogens with zero attached hydrogens (tertiary/aromatic N) is 2. The van der Waals surface area contributed by atoms with Gasteiger partial charge in [0.05, 0.1) is 6.61 Å². The van der Waals surface area contributed by atoms with Crippen LogP contribution in [-0.2, 0) is 0 Å². The number of rotatable bonds is 6. The Morgan fingerprint density at radius 3 is 2.50 bits per heavy atom. The van der Waals surface area contributed by atoms with Gasteiger partial charge in [0.2, 0.25) is 0 Å². The fraction of sp³-hybridized carbons (Fsp3) is 0.632. The summed E-state index contributed by atoms with van der Waals surface area (Å²) in [6, 6.07) is 3.62. The average Bonchev–Trinajstić information content (AvgIpc) is 3.03. The second-order valence-corrected chi connectivity index (χ2v) is 7.21. The fourth-order valence-electron chi connectivity index (χ4n) is 3.77. The quantitative estimate of drug-likeness (QED) is 0.759. The molecule has 7 heteroatoms. The normalized spacial score (nSPS) is 22.1. The van der Waals surface area contributed by atoms with E-state index < -0.39 is 0 Å². The minimum atomic E-state index is -0.0368. The van der Waals surface area contributed by atoms with Crippen molar-refractivity contribution in [2.45, 2.75) is 6.92 Å². The molecule has 0 radical (unpaired) electrons. The highest BCUT2D eigenvalue weighted by Crippen LogP contribution is 2.34. The van der Waals surface area contributed by atoms with Crippen LogP contribution in [0, 0.1) is 18.8 Å². The number of carbonyl (C=O) groups is 1. The van der Waals surface area contributed by atoms with Crippen molar-refractivity contribution >= 4 is 5.91 Å². The Morgan fingerprint density at radius 1 is 1.19 bits per heavy atom. The van der Waals surface area contributed by atoms with Gasteiger partial charge in [0.15, 0.2) is 11.5 Å². The third-order valence-electron chi connectivity index (χ3n) is 5.25. The van der Waals surface area contributed by atoms with Crippen molar-refractivity contribution in [3.8, 4) is 11.5 Å². The second-order valence-electron chi connectivity index (χ2n) is 7.21. The molecule has 144 valence electrons. The predicted octanol–water partition coefficient (Wildman–Crippen LogP) is 0.371. The van der Waals surface area contributed by atoms with Gasteiger partial charge < -0.3 is 29.5 Å². The van der Waals surface area contributed by atoms with Crippen LogP contribution in [0.5, 0.6) is 11.5 Å². The number of likely N-dealkylation sites (N-methyl/N-ethyl adjacent to an activating group) is 1. The summed E-state index contributed by atoms with van der Waals surface area (Å²) in [5, 5.41) is 18.8. The van der Waals surface area contributed by atoms with Crippen LogP contribution in [0.2, 0.25) is 0 Å². The van der Waals surface area contributed by atoms with Gasteiger partial charge in [-0.3, -0.25) is 4.79 Å². The summed E-state index contributed by atoms with van der Waals surface area (Å²) in [5.74, 6) is 1.51. The number of fused-ring (bicyclic) bond motifs is 1. The first-order chi connectivity index (χ1) is 12.5. The third-order valence-corrected chi connectivity index (χ3v) is 5.25. The molecule has 1 saturated heterocycles. The van der Waals surface area contributed by atoms with E-state index in [1.165, 1.54) is 0 Å². The first-order valence-electron chi connectivity index (χ1n) is 9.13. The summed E-state index contributed by atoms with van der Waals surface area (Å²) >= 11 is 0. The summed E-state index contributed by atoms with van der Waals surface area (Å²) in [4.78, 5) is 16.9. The standard InChI is InChI=1S/C19H28N2O5/c1-13-7-17-18(26-6-5-25-17)8-16(13)19(24)21-10-14(15(11-21)12-23)9-20(2)3-4-22/h7-8,14-15,22-23H,3-6,9-12H2,1-2H3/t14-,15-/m1/s1. The summed E-state index contributed by atoms with van der Waals surface area (Å²) < 4.78 is 11.2. The van der Waals surface area contributed by atoms with Gasteiger partial charge in [0, 0.05) is 44.3 Å². The monoisotopic (exact) mass is 364 g/mol. The van der Waals surface area contributed by atoms with E-state index in [-0.39, 0.29) is 31.0 Å². The zero-order valence-electron chi connectivity index (χ0n) is 15.5. The van der Waals surface area contributed by atoms with E-state index in [1.54, 1.807) is 6.07 Å². The molecule has 0 aliphatic carbocycles. The smallest absolute Gasteiger partial charge is 0.254 e. The lowest BCUT2D eigenvalue weighted by Gasteiger charge is -2.23. The van der Waals surface area contributed by atoms with Crippen LogP contribution < -0.4 is 9.47 Å². The summed E-state index contributed by atoms with van der Waals surface area (Å²) in [7, 11) is 1.94. The van der Waals surface area contributed by atoms with Gasteiger partial charge in [-0.25, -0.2) is 0 Å². The number of amides is 1. The number of aryl methyl sites for hydroxylation is 1. The molecule has 3 rings (SSSR count). The molecular formula is C19H28N2O5. The van der Waals surface area contributed by atoms with Crippen molar-refractivity contribution in [1.29, 1.82) is 0 Å². The Balaban J connectivity index is 1.74. The topological polar surface area (TPSA) is 82.5 Å². The molecule has 0 spiro atoms. The summed E-state index contributed by atoms with van der Waals surface area (Å²) in [6.07, 6.45) is 0. The first kappa shape index (κ1) is 18.9. The van der Waals surface area contributed by atoms with E-state index in [2.05, 4.69) is 0 Å². The number of benzene rings is 1. The van der Waals surface area contributed by atoms with Crippen LogP contribution in [0.15, 0.2) is 12.1 Å². The summed E-state index contributed by atoms with van der Waals surface area (Å²) in [5.41, 5.74) is 1.48. The van der Waals surface area contributed by atoms with Crippen molar-refractivity contribution in [3.63, 3.8) is 0 Å². The van der Waals surface area contributed by atoms with E-state index >= 15 is 0 Å². The van der Waals surface area contributed by atoms with Crippen LogP contribution in [0.25, 0.3) is 0 Å². The van der Waals surface area contributed by atoms with Crippen molar-refractivity contribution in [2.75, 3.05) is 59.7 Å². The predicted molar refractivity (Wildman–Crippen MR) is 96.7 cm³/mol. The van der Waals surface area contributed by atoms with Crippen molar-refractivity contribution in [1.82, 2.24) is 9.80 Å². The molecule has 0 unspecified atom stereocenters. The number of likely N-dealkylation sites (tertiary alicyclic amines) is 1. The lowest BCUT2D eigenvalue weighted by molar-refractivity contribution is 0.0777. The molecule has 1 fully saturated rings. The van der Waals surface area contributed by atoms with Crippen LogP contribution in [0.1, 0.15) is 15.9 Å². The van der Waals surface area contributed by atoms with Crippen LogP contribution >= 0.6 is 0 Å². The first-order valence-corrected chi connectivity index (χ1v) is 9.13. The lowest BCUT2D eigenvalue weighted by Crippen LogP contribution is -2.33. The fourth-order valence-corrected chi connectivity index (χ4v) is 3.77. The number of hydrogen-bond donors (Lipinski definition) is 2. The molecule has 2 heterocycles. The molecule has 26 heavy (non-hydrogen) atoms. The lowest BCUT2D eigenvalue weighted by atomic mass is 9.96. The third kappa shape index (κ3) is 3.95. The maximum Gasteiger partial charge on any atom is 0.254 e. The highest BCUT2D eigenvalue weighted by molar-refractivity contribution is 5.96. The Labute approximate surface area is 154 Å². The molecule has 2 aliphatic heterocycles. The maximum absolute atomic E-state index is 13.1.